The summed E-state index contributed by atoms with van der Waals surface area (Å²) < 4.78 is 0. The number of hydrogen-bond donors (Lipinski definition) is 1. The van der Waals surface area contributed by atoms with Gasteiger partial charge in [-0.15, -0.1) is 11.3 Å². The second-order valence-corrected chi connectivity index (χ2v) is 8.45. The number of carbonyl (C=O) groups is 2. The fourth-order valence-corrected chi connectivity index (χ4v) is 5.43. The van der Waals surface area contributed by atoms with Gasteiger partial charge in [0.25, 0.3) is 5.91 Å². The quantitative estimate of drug-likeness (QED) is 0.851. The average Bonchev–Trinajstić information content (AvgIpc) is 3.22. The zero-order valence-electron chi connectivity index (χ0n) is 14.2. The Bertz CT molecular complexity index is 631. The molecule has 3 heterocycles. The second kappa shape index (κ2) is 5.81. The summed E-state index contributed by atoms with van der Waals surface area (Å²) in [6.07, 6.45) is 5.56. The number of urea groups is 1. The van der Waals surface area contributed by atoms with E-state index >= 15 is 0 Å². The first kappa shape index (κ1) is 16.0. The molecule has 130 valence electrons. The number of nitrogens with zero attached hydrogens (tertiary/aromatic N) is 3. The van der Waals surface area contributed by atoms with Crippen LogP contribution < -0.4 is 5.32 Å². The SMILES string of the molecule is CC(C)N1C(=O)N(Cc2nccs2)C(=O)C12CC1CCCNC1C2. The number of imide groups is 1. The Hall–Kier alpha value is -1.47. The standard InChI is InChI=1S/C17H24N4O2S/c1-11(2)21-16(23)20(10-14-19-6-7-24-14)15(22)17(21)8-12-4-3-5-18-13(12)9-17/h6-7,11-13,18H,3-5,8-10H2,1-2H3. The maximum atomic E-state index is 13.3. The van der Waals surface area contributed by atoms with Crippen molar-refractivity contribution in [3.63, 3.8) is 0 Å². The van der Waals surface area contributed by atoms with Crippen LogP contribution in [-0.4, -0.2) is 50.9 Å². The highest BCUT2D eigenvalue weighted by atomic mass is 32.1. The van der Waals surface area contributed by atoms with E-state index in [0.29, 0.717) is 18.5 Å². The molecule has 7 heteroatoms. The van der Waals surface area contributed by atoms with Crippen molar-refractivity contribution >= 4 is 23.3 Å². The van der Waals surface area contributed by atoms with E-state index in [-0.39, 0.29) is 18.0 Å². The van der Waals surface area contributed by atoms with Gasteiger partial charge in [-0.2, -0.15) is 0 Å². The Morgan fingerprint density at radius 2 is 2.25 bits per heavy atom. The van der Waals surface area contributed by atoms with Crippen molar-refractivity contribution in [2.45, 2.75) is 63.7 Å². The fourth-order valence-electron chi connectivity index (χ4n) is 4.83. The van der Waals surface area contributed by atoms with E-state index in [0.717, 1.165) is 37.2 Å². The van der Waals surface area contributed by atoms with Crippen LogP contribution in [0.5, 0.6) is 0 Å². The van der Waals surface area contributed by atoms with Crippen molar-refractivity contribution in [2.75, 3.05) is 6.54 Å². The third kappa shape index (κ3) is 2.29. The third-order valence-electron chi connectivity index (χ3n) is 5.72. The number of amides is 3. The zero-order chi connectivity index (χ0) is 16.9. The molecule has 6 nitrogen and oxygen atoms in total. The normalized spacial score (nSPS) is 33.1. The largest absolute Gasteiger partial charge is 0.328 e. The summed E-state index contributed by atoms with van der Waals surface area (Å²) in [7, 11) is 0. The third-order valence-corrected chi connectivity index (χ3v) is 6.48. The van der Waals surface area contributed by atoms with Crippen LogP contribution in [0.15, 0.2) is 11.6 Å². The first-order valence-electron chi connectivity index (χ1n) is 8.80. The van der Waals surface area contributed by atoms with Crippen LogP contribution in [0, 0.1) is 5.92 Å². The molecule has 3 atom stereocenters. The summed E-state index contributed by atoms with van der Waals surface area (Å²) in [6, 6.07) is 0.225. The summed E-state index contributed by atoms with van der Waals surface area (Å²) in [5.41, 5.74) is -0.658. The number of nitrogens with one attached hydrogen (secondary N) is 1. The van der Waals surface area contributed by atoms with E-state index in [1.165, 1.54) is 16.2 Å². The summed E-state index contributed by atoms with van der Waals surface area (Å²) in [4.78, 5) is 33.9. The molecule has 0 bridgehead atoms. The molecule has 3 fully saturated rings. The minimum Gasteiger partial charge on any atom is -0.314 e. The molecule has 24 heavy (non-hydrogen) atoms. The molecular formula is C17H24N4O2S. The lowest BCUT2D eigenvalue weighted by molar-refractivity contribution is -0.134. The molecule has 3 unspecified atom stereocenters. The smallest absolute Gasteiger partial charge is 0.314 e. The van der Waals surface area contributed by atoms with Gasteiger partial charge in [0.2, 0.25) is 0 Å². The lowest BCUT2D eigenvalue weighted by Crippen LogP contribution is -2.51. The van der Waals surface area contributed by atoms with Crippen molar-refractivity contribution in [3.05, 3.63) is 16.6 Å². The van der Waals surface area contributed by atoms with E-state index in [9.17, 15) is 9.59 Å². The summed E-state index contributed by atoms with van der Waals surface area (Å²) in [5.74, 6) is 0.476. The van der Waals surface area contributed by atoms with E-state index in [1.54, 1.807) is 6.20 Å². The Morgan fingerprint density at radius 3 is 2.92 bits per heavy atom. The number of carbonyl (C=O) groups excluding carboxylic acids is 2. The first-order chi connectivity index (χ1) is 11.5. The molecule has 3 aliphatic rings. The van der Waals surface area contributed by atoms with Gasteiger partial charge in [-0.1, -0.05) is 0 Å². The van der Waals surface area contributed by atoms with Crippen molar-refractivity contribution in [1.82, 2.24) is 20.1 Å². The lowest BCUT2D eigenvalue weighted by Gasteiger charge is -2.34. The monoisotopic (exact) mass is 348 g/mol. The number of fused-ring (bicyclic) bond motifs is 1. The molecule has 2 aliphatic heterocycles. The summed E-state index contributed by atoms with van der Waals surface area (Å²) >= 11 is 1.49. The number of thiazole rings is 1. The zero-order valence-corrected chi connectivity index (χ0v) is 15.0. The van der Waals surface area contributed by atoms with Gasteiger partial charge in [-0.25, -0.2) is 9.78 Å². The second-order valence-electron chi connectivity index (χ2n) is 7.47. The van der Waals surface area contributed by atoms with E-state index in [2.05, 4.69) is 10.3 Å². The van der Waals surface area contributed by atoms with Gasteiger partial charge in [0, 0.05) is 23.7 Å². The Labute approximate surface area is 146 Å². The lowest BCUT2D eigenvalue weighted by atomic mass is 9.91. The number of aromatic nitrogens is 1. The van der Waals surface area contributed by atoms with Crippen molar-refractivity contribution in [3.8, 4) is 0 Å². The molecule has 3 amide bonds. The minimum atomic E-state index is -0.658. The van der Waals surface area contributed by atoms with Crippen molar-refractivity contribution in [2.24, 2.45) is 5.92 Å². The van der Waals surface area contributed by atoms with Crippen LogP contribution in [0.4, 0.5) is 4.79 Å². The predicted molar refractivity (Wildman–Crippen MR) is 91.5 cm³/mol. The maximum Gasteiger partial charge on any atom is 0.328 e. The highest BCUT2D eigenvalue weighted by molar-refractivity contribution is 7.09. The highest BCUT2D eigenvalue weighted by Gasteiger charge is 2.63. The van der Waals surface area contributed by atoms with E-state index < -0.39 is 5.54 Å². The van der Waals surface area contributed by atoms with Gasteiger partial charge >= 0.3 is 6.03 Å². The van der Waals surface area contributed by atoms with Gasteiger partial charge in [0.05, 0.1) is 6.54 Å². The van der Waals surface area contributed by atoms with Gasteiger partial charge in [0.1, 0.15) is 10.5 Å². The van der Waals surface area contributed by atoms with Crippen LogP contribution in [-0.2, 0) is 11.3 Å². The van der Waals surface area contributed by atoms with Crippen molar-refractivity contribution < 1.29 is 9.59 Å². The molecular weight excluding hydrogens is 324 g/mol. The van der Waals surface area contributed by atoms with Crippen LogP contribution in [0.1, 0.15) is 44.5 Å². The molecule has 1 N–H and O–H groups in total. The van der Waals surface area contributed by atoms with Gasteiger partial charge in [-0.3, -0.25) is 9.69 Å². The predicted octanol–water partition coefficient (Wildman–Crippen LogP) is 2.22. The molecule has 1 saturated carbocycles. The van der Waals surface area contributed by atoms with Crippen LogP contribution in [0.25, 0.3) is 0 Å². The van der Waals surface area contributed by atoms with E-state index in [1.807, 2.05) is 24.1 Å². The summed E-state index contributed by atoms with van der Waals surface area (Å²) in [6.45, 7) is 5.33. The van der Waals surface area contributed by atoms with Gasteiger partial charge in [0.15, 0.2) is 0 Å². The molecule has 0 radical (unpaired) electrons. The molecule has 1 spiro atoms. The molecule has 0 aromatic carbocycles. The van der Waals surface area contributed by atoms with Crippen LogP contribution in [0.3, 0.4) is 0 Å². The van der Waals surface area contributed by atoms with Gasteiger partial charge in [-0.05, 0) is 52.0 Å². The molecule has 2 saturated heterocycles. The van der Waals surface area contributed by atoms with Crippen LogP contribution >= 0.6 is 11.3 Å². The average molecular weight is 348 g/mol. The molecule has 1 aromatic heterocycles. The van der Waals surface area contributed by atoms with Crippen LogP contribution in [0.2, 0.25) is 0 Å². The number of piperidine rings is 1. The Kier molecular flexibility index (Phi) is 3.88. The maximum absolute atomic E-state index is 13.3. The molecule has 1 aromatic rings. The van der Waals surface area contributed by atoms with Crippen molar-refractivity contribution in [1.29, 1.82) is 0 Å². The van der Waals surface area contributed by atoms with Gasteiger partial charge < -0.3 is 10.2 Å². The molecule has 4 rings (SSSR count). The molecule has 1 aliphatic carbocycles. The fraction of sp³-hybridized carbons (Fsp3) is 0.706. The minimum absolute atomic E-state index is 0.0166. The number of rotatable bonds is 3. The highest BCUT2D eigenvalue weighted by Crippen LogP contribution is 2.48. The first-order valence-corrected chi connectivity index (χ1v) is 9.68. The summed E-state index contributed by atoms with van der Waals surface area (Å²) in [5, 5.41) is 6.26. The topological polar surface area (TPSA) is 65.5 Å². The Morgan fingerprint density at radius 1 is 1.42 bits per heavy atom. The Balaban J connectivity index is 1.67. The van der Waals surface area contributed by atoms with E-state index in [4.69, 9.17) is 0 Å². The number of hydrogen-bond acceptors (Lipinski definition) is 5.